The molecule has 2 aliphatic heterocycles. The Morgan fingerprint density at radius 3 is 1.40 bits per heavy atom. The van der Waals surface area contributed by atoms with Gasteiger partial charge < -0.3 is 0 Å². The molecule has 0 aliphatic carbocycles. The molecule has 0 aromatic carbocycles. The lowest BCUT2D eigenvalue weighted by Crippen LogP contribution is -1.62. The van der Waals surface area contributed by atoms with Crippen molar-refractivity contribution in [2.75, 3.05) is 0 Å². The summed E-state index contributed by atoms with van der Waals surface area (Å²) in [4.78, 5) is 0. The van der Waals surface area contributed by atoms with Crippen molar-refractivity contribution >= 4 is 47.0 Å². The van der Waals surface area contributed by atoms with Crippen LogP contribution in [0.4, 0.5) is 0 Å². The Morgan fingerprint density at radius 1 is 0.800 bits per heavy atom. The summed E-state index contributed by atoms with van der Waals surface area (Å²) in [6.45, 7) is 0. The van der Waals surface area contributed by atoms with Crippen LogP contribution in [0.25, 0.3) is 0 Å². The highest BCUT2D eigenvalue weighted by Crippen LogP contribution is 2.50. The summed E-state index contributed by atoms with van der Waals surface area (Å²) >= 11 is 4.97. The molecule has 0 nitrogen and oxygen atoms in total. The maximum absolute atomic E-state index is 7.41. The molecule has 2 heterocycles. The molecule has 0 fully saturated rings. The van der Waals surface area contributed by atoms with Crippen LogP contribution in [-0.4, -0.2) is 0 Å². The molecule has 0 aromatic heterocycles. The quantitative estimate of drug-likeness (QED) is 0.589. The molecule has 52 valence electrons. The second-order valence-electron chi connectivity index (χ2n) is 1.39. The lowest BCUT2D eigenvalue weighted by Gasteiger charge is -1.97. The Morgan fingerprint density at radius 2 is 1.10 bits per heavy atom. The second kappa shape index (κ2) is 3.34. The van der Waals surface area contributed by atoms with Gasteiger partial charge in [0.15, 0.2) is 0 Å². The molecule has 0 unspecified atom stereocenters. The van der Waals surface area contributed by atoms with Gasteiger partial charge in [0.05, 0.1) is 14.0 Å². The molecule has 0 atom stereocenters. The Kier molecular flexibility index (Phi) is 1.35. The topological polar surface area (TPSA) is 0 Å². The summed E-state index contributed by atoms with van der Waals surface area (Å²) in [5.41, 5.74) is 0. The largest absolute Gasteiger partial charge is 0.0884 e. The van der Waals surface area contributed by atoms with Gasteiger partial charge in [-0.25, -0.2) is 0 Å². The molecular formula is C6H4S4. The number of rotatable bonds is 0. The second-order valence-corrected chi connectivity index (χ2v) is 5.17. The van der Waals surface area contributed by atoms with Gasteiger partial charge in [-0.15, -0.1) is 0 Å². The van der Waals surface area contributed by atoms with Crippen LogP contribution in [0, 0.1) is 0 Å². The molecule has 0 amide bonds. The summed E-state index contributed by atoms with van der Waals surface area (Å²) < 4.78 is 31.4. The molecular weight excluding hydrogens is 200 g/mol. The van der Waals surface area contributed by atoms with Crippen LogP contribution in [0.1, 0.15) is 5.48 Å². The molecule has 2 aliphatic rings. The van der Waals surface area contributed by atoms with E-state index in [-0.39, 0.29) is 21.5 Å². The third-order valence-corrected chi connectivity index (χ3v) is 4.97. The monoisotopic (exact) mass is 208 g/mol. The van der Waals surface area contributed by atoms with E-state index < -0.39 is 0 Å². The SMILES string of the molecule is [2H]C1=C([2H])SC(=C2SC([2H])=C([2H])S2)S1. The van der Waals surface area contributed by atoms with Gasteiger partial charge in [-0.1, -0.05) is 47.0 Å². The fourth-order valence-electron chi connectivity index (χ4n) is 0.477. The first-order chi connectivity index (χ1) is 6.58. The van der Waals surface area contributed by atoms with Crippen LogP contribution in [0.15, 0.2) is 30.0 Å². The minimum Gasteiger partial charge on any atom is -0.0884 e. The summed E-state index contributed by atoms with van der Waals surface area (Å²) in [7, 11) is 0. The number of thioether (sulfide) groups is 4. The van der Waals surface area contributed by atoms with Crippen molar-refractivity contribution in [1.82, 2.24) is 0 Å². The molecule has 0 aromatic rings. The fourth-order valence-corrected chi connectivity index (χ4v) is 3.68. The van der Waals surface area contributed by atoms with E-state index in [1.165, 1.54) is 47.0 Å². The fraction of sp³-hybridized carbons (Fsp3) is 0. The van der Waals surface area contributed by atoms with E-state index >= 15 is 0 Å². The van der Waals surface area contributed by atoms with Gasteiger partial charge in [-0.05, 0) is 21.5 Å². The molecule has 0 saturated heterocycles. The first-order valence-corrected chi connectivity index (χ1v) is 5.65. The average Bonchev–Trinajstić information content (AvgIpc) is 2.60. The van der Waals surface area contributed by atoms with Gasteiger partial charge >= 0.3 is 0 Å². The van der Waals surface area contributed by atoms with Gasteiger partial charge in [-0.3, -0.25) is 0 Å². The van der Waals surface area contributed by atoms with Crippen molar-refractivity contribution in [1.29, 1.82) is 0 Å². The molecule has 0 bridgehead atoms. The number of hydrogen-bond acceptors (Lipinski definition) is 4. The van der Waals surface area contributed by atoms with Crippen LogP contribution < -0.4 is 0 Å². The molecule has 0 radical (unpaired) electrons. The van der Waals surface area contributed by atoms with Crippen molar-refractivity contribution in [2.24, 2.45) is 0 Å². The standard InChI is InChI=1S/C6H4S4/c1-2-8-5(7-1)6-9-3-4-10-6/h1-4H/i1D,2D,3D,4D. The van der Waals surface area contributed by atoms with Gasteiger partial charge in [0, 0.05) is 0 Å². The third-order valence-electron chi connectivity index (χ3n) is 0.825. The highest BCUT2D eigenvalue weighted by molar-refractivity contribution is 8.33. The van der Waals surface area contributed by atoms with E-state index in [0.717, 1.165) is 8.47 Å². The van der Waals surface area contributed by atoms with E-state index in [2.05, 4.69) is 0 Å². The molecule has 2 rings (SSSR count). The molecule has 10 heavy (non-hydrogen) atoms. The van der Waals surface area contributed by atoms with E-state index in [1.807, 2.05) is 0 Å². The van der Waals surface area contributed by atoms with Gasteiger partial charge in [0.2, 0.25) is 0 Å². The molecule has 4 heteroatoms. The van der Waals surface area contributed by atoms with E-state index in [9.17, 15) is 0 Å². The summed E-state index contributed by atoms with van der Waals surface area (Å²) in [6.07, 6.45) is 0. The zero-order chi connectivity index (χ0) is 10.3. The predicted molar refractivity (Wildman–Crippen MR) is 55.7 cm³/mol. The zero-order valence-corrected chi connectivity index (χ0v) is 7.90. The third kappa shape index (κ3) is 1.44. The summed E-state index contributed by atoms with van der Waals surface area (Å²) in [6, 6.07) is 0. The Bertz CT molecular complexity index is 315. The minimum absolute atomic E-state index is 0.253. The molecule has 0 N–H and O–H groups in total. The Labute approximate surface area is 82.6 Å². The minimum atomic E-state index is 0.253. The van der Waals surface area contributed by atoms with Gasteiger partial charge in [-0.2, -0.15) is 0 Å². The number of hydrogen-bond donors (Lipinski definition) is 0. The maximum atomic E-state index is 7.41. The lowest BCUT2D eigenvalue weighted by atomic mass is 11.2. The lowest BCUT2D eigenvalue weighted by molar-refractivity contribution is 2.38. The van der Waals surface area contributed by atoms with E-state index in [1.54, 1.807) is 0 Å². The maximum Gasteiger partial charge on any atom is 0.0707 e. The first-order valence-electron chi connectivity index (χ1n) is 4.38. The van der Waals surface area contributed by atoms with Crippen molar-refractivity contribution < 1.29 is 5.48 Å². The summed E-state index contributed by atoms with van der Waals surface area (Å²) in [5.74, 6) is 0. The average molecular weight is 208 g/mol. The molecule has 0 spiro atoms. The van der Waals surface area contributed by atoms with Crippen molar-refractivity contribution in [3.8, 4) is 0 Å². The predicted octanol–water partition coefficient (Wildman–Crippen LogP) is 4.02. The smallest absolute Gasteiger partial charge is 0.0707 e. The van der Waals surface area contributed by atoms with Crippen LogP contribution in [0.5, 0.6) is 0 Å². The normalized spacial score (nSPS) is 32.8. The van der Waals surface area contributed by atoms with E-state index in [4.69, 9.17) is 5.48 Å². The summed E-state index contributed by atoms with van der Waals surface area (Å²) in [5, 5.41) is 1.01. The van der Waals surface area contributed by atoms with Crippen LogP contribution in [0.2, 0.25) is 0 Å². The van der Waals surface area contributed by atoms with Gasteiger partial charge in [0.25, 0.3) is 0 Å². The van der Waals surface area contributed by atoms with Crippen molar-refractivity contribution in [3.63, 3.8) is 0 Å². The van der Waals surface area contributed by atoms with Crippen LogP contribution >= 0.6 is 47.0 Å². The zero-order valence-electron chi connectivity index (χ0n) is 8.63. The van der Waals surface area contributed by atoms with E-state index in [0.29, 0.717) is 0 Å². The Balaban J connectivity index is 2.17. The van der Waals surface area contributed by atoms with Crippen LogP contribution in [-0.2, 0) is 0 Å². The van der Waals surface area contributed by atoms with Crippen LogP contribution in [0.3, 0.4) is 0 Å². The van der Waals surface area contributed by atoms with Gasteiger partial charge in [0.1, 0.15) is 0 Å². The Hall–Kier alpha value is 0.620. The highest BCUT2D eigenvalue weighted by Gasteiger charge is 2.12. The van der Waals surface area contributed by atoms with Crippen molar-refractivity contribution in [2.45, 2.75) is 0 Å². The highest BCUT2D eigenvalue weighted by atomic mass is 32.2. The first kappa shape index (κ1) is 4.03. The van der Waals surface area contributed by atoms with Crippen molar-refractivity contribution in [3.05, 3.63) is 30.0 Å². The molecule has 0 saturated carbocycles.